The van der Waals surface area contributed by atoms with Crippen molar-refractivity contribution in [3.05, 3.63) is 11.3 Å². The lowest BCUT2D eigenvalue weighted by Crippen LogP contribution is -2.48. The standard InChI is InChI=1S/C22H35N5O2/c1-5-23-22-24-15(4)18-14-16(12-13-19(28)26(6-2)7-3)21(29)27(20(18)25-22)17-10-8-9-11-17/h16-17H,5-14H2,1-4H3,(H,23,24,25). The van der Waals surface area contributed by atoms with Crippen LogP contribution in [0.1, 0.15) is 70.6 Å². The number of hydrogen-bond donors (Lipinski definition) is 1. The van der Waals surface area contributed by atoms with Gasteiger partial charge < -0.3 is 10.2 Å². The zero-order chi connectivity index (χ0) is 21.0. The van der Waals surface area contributed by atoms with Crippen LogP contribution in [0.2, 0.25) is 0 Å². The van der Waals surface area contributed by atoms with Crippen molar-refractivity contribution >= 4 is 23.6 Å². The fourth-order valence-corrected chi connectivity index (χ4v) is 4.66. The summed E-state index contributed by atoms with van der Waals surface area (Å²) in [5.74, 6) is 1.48. The van der Waals surface area contributed by atoms with Gasteiger partial charge in [0.05, 0.1) is 0 Å². The minimum absolute atomic E-state index is 0.136. The highest BCUT2D eigenvalue weighted by molar-refractivity contribution is 5.98. The van der Waals surface area contributed by atoms with E-state index in [1.165, 1.54) is 0 Å². The summed E-state index contributed by atoms with van der Waals surface area (Å²) in [5, 5.41) is 3.19. The van der Waals surface area contributed by atoms with Crippen molar-refractivity contribution < 1.29 is 9.59 Å². The van der Waals surface area contributed by atoms with Gasteiger partial charge in [-0.3, -0.25) is 14.5 Å². The molecule has 1 aliphatic heterocycles. The molecule has 2 heterocycles. The number of amides is 2. The van der Waals surface area contributed by atoms with Gasteiger partial charge in [0.1, 0.15) is 5.82 Å². The second-order valence-corrected chi connectivity index (χ2v) is 8.12. The average Bonchev–Trinajstić information content (AvgIpc) is 3.22. The van der Waals surface area contributed by atoms with Gasteiger partial charge in [-0.25, -0.2) is 4.98 Å². The molecule has 1 unspecified atom stereocenters. The number of nitrogens with zero attached hydrogens (tertiary/aromatic N) is 4. The predicted octanol–water partition coefficient (Wildman–Crippen LogP) is 3.31. The molecule has 29 heavy (non-hydrogen) atoms. The molecule has 160 valence electrons. The van der Waals surface area contributed by atoms with Crippen molar-refractivity contribution in [2.75, 3.05) is 29.9 Å². The number of fused-ring (bicyclic) bond motifs is 1. The highest BCUT2D eigenvalue weighted by Gasteiger charge is 2.40. The number of hydrogen-bond acceptors (Lipinski definition) is 5. The van der Waals surface area contributed by atoms with Gasteiger partial charge in [0.25, 0.3) is 0 Å². The first kappa shape index (κ1) is 21.5. The van der Waals surface area contributed by atoms with Gasteiger partial charge in [-0.2, -0.15) is 4.98 Å². The largest absolute Gasteiger partial charge is 0.354 e. The molecule has 1 aromatic heterocycles. The van der Waals surface area contributed by atoms with Gasteiger partial charge in [-0.15, -0.1) is 0 Å². The van der Waals surface area contributed by atoms with E-state index in [4.69, 9.17) is 4.98 Å². The second kappa shape index (κ2) is 9.55. The van der Waals surface area contributed by atoms with Gasteiger partial charge in [0.2, 0.25) is 17.8 Å². The summed E-state index contributed by atoms with van der Waals surface area (Å²) in [7, 11) is 0. The number of rotatable bonds is 8. The van der Waals surface area contributed by atoms with Crippen LogP contribution in [0.5, 0.6) is 0 Å². The zero-order valence-electron chi connectivity index (χ0n) is 18.3. The summed E-state index contributed by atoms with van der Waals surface area (Å²) in [5.41, 5.74) is 2.00. The van der Waals surface area contributed by atoms with E-state index in [1.807, 2.05) is 37.5 Å². The van der Waals surface area contributed by atoms with E-state index in [1.54, 1.807) is 0 Å². The number of aryl methyl sites for hydroxylation is 1. The van der Waals surface area contributed by atoms with E-state index in [9.17, 15) is 9.59 Å². The van der Waals surface area contributed by atoms with Gasteiger partial charge in [0, 0.05) is 49.3 Å². The Balaban J connectivity index is 1.87. The van der Waals surface area contributed by atoms with E-state index in [0.717, 1.165) is 49.3 Å². The first-order chi connectivity index (χ1) is 14.0. The third-order valence-electron chi connectivity index (χ3n) is 6.30. The molecule has 0 bridgehead atoms. The minimum Gasteiger partial charge on any atom is -0.354 e. The van der Waals surface area contributed by atoms with E-state index in [0.29, 0.717) is 38.3 Å². The van der Waals surface area contributed by atoms with Crippen LogP contribution in [0.15, 0.2) is 0 Å². The summed E-state index contributed by atoms with van der Waals surface area (Å²) < 4.78 is 0. The first-order valence-corrected chi connectivity index (χ1v) is 11.2. The molecule has 3 rings (SSSR count). The third-order valence-corrected chi connectivity index (χ3v) is 6.30. The van der Waals surface area contributed by atoms with Crippen LogP contribution in [0, 0.1) is 12.8 Å². The molecule has 0 spiro atoms. The minimum atomic E-state index is -0.171. The molecular weight excluding hydrogens is 366 g/mol. The van der Waals surface area contributed by atoms with Crippen LogP contribution < -0.4 is 10.2 Å². The molecular formula is C22H35N5O2. The summed E-state index contributed by atoms with van der Waals surface area (Å²) in [4.78, 5) is 39.1. The van der Waals surface area contributed by atoms with Crippen LogP contribution >= 0.6 is 0 Å². The van der Waals surface area contributed by atoms with E-state index in [-0.39, 0.29) is 23.8 Å². The molecule has 0 radical (unpaired) electrons. The normalized spacial score (nSPS) is 19.4. The molecule has 2 aliphatic rings. The molecule has 7 nitrogen and oxygen atoms in total. The lowest BCUT2D eigenvalue weighted by Gasteiger charge is -2.37. The zero-order valence-corrected chi connectivity index (χ0v) is 18.3. The second-order valence-electron chi connectivity index (χ2n) is 8.12. The van der Waals surface area contributed by atoms with E-state index >= 15 is 0 Å². The molecule has 0 aromatic carbocycles. The molecule has 2 amide bonds. The number of aromatic nitrogens is 2. The molecule has 1 aliphatic carbocycles. The Kier molecular flexibility index (Phi) is 7.09. The fourth-order valence-electron chi connectivity index (χ4n) is 4.66. The topological polar surface area (TPSA) is 78.4 Å². The quantitative estimate of drug-likeness (QED) is 0.723. The predicted molar refractivity (Wildman–Crippen MR) is 115 cm³/mol. The van der Waals surface area contributed by atoms with Crippen LogP contribution in [0.4, 0.5) is 11.8 Å². The molecule has 1 fully saturated rings. The van der Waals surface area contributed by atoms with E-state index < -0.39 is 0 Å². The van der Waals surface area contributed by atoms with Crippen molar-refractivity contribution in [1.29, 1.82) is 0 Å². The Bertz CT molecular complexity index is 741. The summed E-state index contributed by atoms with van der Waals surface area (Å²) in [6.07, 6.45) is 5.98. The average molecular weight is 402 g/mol. The number of anilines is 2. The molecule has 1 saturated carbocycles. The molecule has 7 heteroatoms. The Morgan fingerprint density at radius 1 is 1.17 bits per heavy atom. The summed E-state index contributed by atoms with van der Waals surface area (Å²) in [6, 6.07) is 0.214. The maximum absolute atomic E-state index is 13.5. The monoisotopic (exact) mass is 401 g/mol. The van der Waals surface area contributed by atoms with Crippen molar-refractivity contribution in [2.45, 2.75) is 78.7 Å². The van der Waals surface area contributed by atoms with Gasteiger partial charge >= 0.3 is 0 Å². The SMILES string of the molecule is CCNc1nc(C)c2c(n1)N(C1CCCC1)C(=O)C(CCC(=O)N(CC)CC)C2. The number of carbonyl (C=O) groups is 2. The molecule has 0 saturated heterocycles. The number of carbonyl (C=O) groups excluding carboxylic acids is 2. The first-order valence-electron chi connectivity index (χ1n) is 11.2. The third kappa shape index (κ3) is 4.54. The summed E-state index contributed by atoms with van der Waals surface area (Å²) >= 11 is 0. The van der Waals surface area contributed by atoms with Gasteiger partial charge in [0.15, 0.2) is 0 Å². The lowest BCUT2D eigenvalue weighted by molar-refractivity contribution is -0.131. The molecule has 1 aromatic rings. The van der Waals surface area contributed by atoms with Crippen molar-refractivity contribution in [2.24, 2.45) is 5.92 Å². The van der Waals surface area contributed by atoms with E-state index in [2.05, 4.69) is 10.3 Å². The Morgan fingerprint density at radius 2 is 1.86 bits per heavy atom. The highest BCUT2D eigenvalue weighted by Crippen LogP contribution is 2.38. The Hall–Kier alpha value is -2.18. The summed E-state index contributed by atoms with van der Waals surface area (Å²) in [6.45, 7) is 10.2. The maximum Gasteiger partial charge on any atom is 0.231 e. The highest BCUT2D eigenvalue weighted by atomic mass is 16.2. The Morgan fingerprint density at radius 3 is 2.48 bits per heavy atom. The van der Waals surface area contributed by atoms with Crippen LogP contribution in [-0.4, -0.2) is 52.4 Å². The molecule has 1 atom stereocenters. The van der Waals surface area contributed by atoms with Crippen molar-refractivity contribution in [3.63, 3.8) is 0 Å². The lowest BCUT2D eigenvalue weighted by atomic mass is 9.88. The van der Waals surface area contributed by atoms with Gasteiger partial charge in [-0.05, 0) is 53.4 Å². The van der Waals surface area contributed by atoms with Crippen LogP contribution in [0.25, 0.3) is 0 Å². The van der Waals surface area contributed by atoms with Gasteiger partial charge in [-0.1, -0.05) is 12.8 Å². The maximum atomic E-state index is 13.5. The van der Waals surface area contributed by atoms with Crippen molar-refractivity contribution in [1.82, 2.24) is 14.9 Å². The fraction of sp³-hybridized carbons (Fsp3) is 0.727. The van der Waals surface area contributed by atoms with Crippen LogP contribution in [-0.2, 0) is 16.0 Å². The smallest absolute Gasteiger partial charge is 0.231 e. The number of nitrogens with one attached hydrogen (secondary N) is 1. The van der Waals surface area contributed by atoms with Crippen LogP contribution in [0.3, 0.4) is 0 Å². The molecule has 1 N–H and O–H groups in total. The Labute approximate surface area is 174 Å². The van der Waals surface area contributed by atoms with Crippen molar-refractivity contribution in [3.8, 4) is 0 Å².